The Morgan fingerprint density at radius 3 is 2.75 bits per heavy atom. The van der Waals surface area contributed by atoms with Crippen molar-refractivity contribution in [3.8, 4) is 11.5 Å². The number of rotatable bonds is 2. The third kappa shape index (κ3) is 1.65. The van der Waals surface area contributed by atoms with E-state index < -0.39 is 5.97 Å². The van der Waals surface area contributed by atoms with E-state index in [1.54, 1.807) is 31.4 Å². The van der Waals surface area contributed by atoms with Gasteiger partial charge in [0, 0.05) is 13.2 Å². The van der Waals surface area contributed by atoms with Crippen molar-refractivity contribution >= 4 is 17.6 Å². The van der Waals surface area contributed by atoms with E-state index in [4.69, 9.17) is 16.7 Å². The number of carbonyl (C=O) groups is 1. The Morgan fingerprint density at radius 2 is 2.25 bits per heavy atom. The van der Waals surface area contributed by atoms with Crippen molar-refractivity contribution in [1.29, 1.82) is 0 Å². The minimum atomic E-state index is -1.15. The van der Waals surface area contributed by atoms with E-state index in [0.29, 0.717) is 11.5 Å². The Hall–Kier alpha value is -1.88. The summed E-state index contributed by atoms with van der Waals surface area (Å²) in [7, 11) is 1.64. The second-order valence-electron chi connectivity index (χ2n) is 3.15. The lowest BCUT2D eigenvalue weighted by molar-refractivity contribution is 0.0691. The Bertz CT molecular complexity index is 536. The molecular weight excluding hydrogens is 230 g/mol. The highest BCUT2D eigenvalue weighted by Crippen LogP contribution is 2.23. The van der Waals surface area contributed by atoms with E-state index >= 15 is 0 Å². The Morgan fingerprint density at radius 1 is 1.50 bits per heavy atom. The zero-order valence-corrected chi connectivity index (χ0v) is 9.14. The lowest BCUT2D eigenvalue weighted by Crippen LogP contribution is -1.97. The van der Waals surface area contributed by atoms with Crippen LogP contribution in [0.2, 0.25) is 5.15 Å². The Labute approximate surface area is 96.3 Å². The van der Waals surface area contributed by atoms with Crippen molar-refractivity contribution in [3.63, 3.8) is 0 Å². The van der Waals surface area contributed by atoms with E-state index in [1.165, 1.54) is 4.57 Å². The fourth-order valence-corrected chi connectivity index (χ4v) is 1.54. The molecule has 0 spiro atoms. The normalized spacial score (nSPS) is 10.4. The highest BCUT2D eigenvalue weighted by molar-refractivity contribution is 6.32. The number of pyridine rings is 1. The van der Waals surface area contributed by atoms with Gasteiger partial charge >= 0.3 is 5.97 Å². The first-order chi connectivity index (χ1) is 7.61. The van der Waals surface area contributed by atoms with Gasteiger partial charge in [0.15, 0.2) is 11.5 Å². The summed E-state index contributed by atoms with van der Waals surface area (Å²) in [6.45, 7) is 0. The smallest absolute Gasteiger partial charge is 0.357 e. The quantitative estimate of drug-likeness (QED) is 0.865. The highest BCUT2D eigenvalue weighted by Gasteiger charge is 2.19. The topological polar surface area (TPSA) is 68.0 Å². The number of halogens is 1. The summed E-state index contributed by atoms with van der Waals surface area (Å²) in [5.41, 5.74) is 0.421. The van der Waals surface area contributed by atoms with Crippen molar-refractivity contribution in [1.82, 2.24) is 14.5 Å². The standard InChI is InChI=1S/C10H8ClN3O2/c1-14-8(11)7(10(15)16)13-9(14)6-4-2-3-5-12-6/h2-5H,1H3,(H,15,16). The predicted octanol–water partition coefficient (Wildman–Crippen LogP) is 1.83. The monoisotopic (exact) mass is 237 g/mol. The summed E-state index contributed by atoms with van der Waals surface area (Å²) in [6, 6.07) is 5.31. The predicted molar refractivity (Wildman–Crippen MR) is 58.4 cm³/mol. The summed E-state index contributed by atoms with van der Waals surface area (Å²) >= 11 is 5.85. The molecule has 16 heavy (non-hydrogen) atoms. The van der Waals surface area contributed by atoms with Gasteiger partial charge in [-0.05, 0) is 12.1 Å². The van der Waals surface area contributed by atoms with Crippen LogP contribution in [0, 0.1) is 0 Å². The van der Waals surface area contributed by atoms with Crippen LogP contribution in [0.25, 0.3) is 11.5 Å². The molecule has 2 heterocycles. The summed E-state index contributed by atoms with van der Waals surface area (Å²) in [5, 5.41) is 8.96. The molecule has 2 rings (SSSR count). The van der Waals surface area contributed by atoms with E-state index in [2.05, 4.69) is 9.97 Å². The van der Waals surface area contributed by atoms with E-state index in [9.17, 15) is 4.79 Å². The molecular formula is C10H8ClN3O2. The molecule has 0 saturated heterocycles. The van der Waals surface area contributed by atoms with Crippen LogP contribution in [-0.2, 0) is 7.05 Å². The molecule has 6 heteroatoms. The van der Waals surface area contributed by atoms with Crippen LogP contribution in [0.15, 0.2) is 24.4 Å². The van der Waals surface area contributed by atoms with E-state index in [1.807, 2.05) is 0 Å². The van der Waals surface area contributed by atoms with Crippen LogP contribution in [0.4, 0.5) is 0 Å². The van der Waals surface area contributed by atoms with Crippen LogP contribution in [0.5, 0.6) is 0 Å². The third-order valence-corrected chi connectivity index (χ3v) is 2.55. The van der Waals surface area contributed by atoms with Gasteiger partial charge in [-0.15, -0.1) is 0 Å². The fraction of sp³-hybridized carbons (Fsp3) is 0.100. The number of hydrogen-bond donors (Lipinski definition) is 1. The maximum Gasteiger partial charge on any atom is 0.357 e. The summed E-state index contributed by atoms with van der Waals surface area (Å²) in [5.74, 6) is -0.717. The second-order valence-corrected chi connectivity index (χ2v) is 3.51. The van der Waals surface area contributed by atoms with Crippen molar-refractivity contribution in [2.45, 2.75) is 0 Å². The molecule has 0 atom stereocenters. The van der Waals surface area contributed by atoms with Gasteiger partial charge in [-0.1, -0.05) is 17.7 Å². The Kier molecular flexibility index (Phi) is 2.62. The van der Waals surface area contributed by atoms with Gasteiger partial charge in [-0.25, -0.2) is 9.78 Å². The molecule has 82 valence electrons. The zero-order valence-electron chi connectivity index (χ0n) is 8.38. The number of imidazole rings is 1. The van der Waals surface area contributed by atoms with Crippen molar-refractivity contribution in [3.05, 3.63) is 35.2 Å². The molecule has 0 radical (unpaired) electrons. The third-order valence-electron chi connectivity index (χ3n) is 2.12. The van der Waals surface area contributed by atoms with Gasteiger partial charge in [0.05, 0.1) is 0 Å². The molecule has 2 aromatic heterocycles. The maximum atomic E-state index is 10.8. The number of carboxylic acid groups (broad SMARTS) is 1. The van der Waals surface area contributed by atoms with E-state index in [-0.39, 0.29) is 10.8 Å². The van der Waals surface area contributed by atoms with Crippen LogP contribution < -0.4 is 0 Å². The molecule has 1 N–H and O–H groups in total. The lowest BCUT2D eigenvalue weighted by atomic mass is 10.3. The maximum absolute atomic E-state index is 10.8. The highest BCUT2D eigenvalue weighted by atomic mass is 35.5. The zero-order chi connectivity index (χ0) is 11.7. The van der Waals surface area contributed by atoms with Gasteiger partial charge < -0.3 is 9.67 Å². The summed E-state index contributed by atoms with van der Waals surface area (Å²) in [6.07, 6.45) is 1.61. The van der Waals surface area contributed by atoms with Crippen LogP contribution >= 0.6 is 11.6 Å². The molecule has 0 aromatic carbocycles. The number of aromatic nitrogens is 3. The number of aromatic carboxylic acids is 1. The van der Waals surface area contributed by atoms with Gasteiger partial charge in [0.1, 0.15) is 10.8 Å². The molecule has 5 nitrogen and oxygen atoms in total. The molecule has 0 fully saturated rings. The lowest BCUT2D eigenvalue weighted by Gasteiger charge is -1.99. The van der Waals surface area contributed by atoms with Crippen molar-refractivity contribution in [2.75, 3.05) is 0 Å². The summed E-state index contributed by atoms with van der Waals surface area (Å²) < 4.78 is 1.49. The van der Waals surface area contributed by atoms with Crippen molar-refractivity contribution in [2.24, 2.45) is 7.05 Å². The molecule has 0 bridgehead atoms. The van der Waals surface area contributed by atoms with Gasteiger partial charge in [0.2, 0.25) is 0 Å². The Balaban J connectivity index is 2.60. The molecule has 0 aliphatic rings. The van der Waals surface area contributed by atoms with Gasteiger partial charge in [-0.3, -0.25) is 4.98 Å². The van der Waals surface area contributed by atoms with E-state index in [0.717, 1.165) is 0 Å². The number of carboxylic acids is 1. The second kappa shape index (κ2) is 3.94. The first-order valence-electron chi connectivity index (χ1n) is 4.48. The van der Waals surface area contributed by atoms with Crippen molar-refractivity contribution < 1.29 is 9.90 Å². The van der Waals surface area contributed by atoms with Crippen LogP contribution in [0.1, 0.15) is 10.5 Å². The fourth-order valence-electron chi connectivity index (χ4n) is 1.34. The largest absolute Gasteiger partial charge is 0.476 e. The number of hydrogen-bond acceptors (Lipinski definition) is 3. The first kappa shape index (κ1) is 10.6. The van der Waals surface area contributed by atoms with Crippen LogP contribution in [-0.4, -0.2) is 25.6 Å². The molecule has 0 unspecified atom stereocenters. The number of nitrogens with zero attached hydrogens (tertiary/aromatic N) is 3. The van der Waals surface area contributed by atoms with Gasteiger partial charge in [-0.2, -0.15) is 0 Å². The molecule has 2 aromatic rings. The molecule has 0 aliphatic carbocycles. The molecule has 0 saturated carbocycles. The minimum Gasteiger partial charge on any atom is -0.476 e. The summed E-state index contributed by atoms with van der Waals surface area (Å²) in [4.78, 5) is 18.9. The molecule has 0 aliphatic heterocycles. The van der Waals surface area contributed by atoms with Crippen LogP contribution in [0.3, 0.4) is 0 Å². The molecule has 0 amide bonds. The van der Waals surface area contributed by atoms with Gasteiger partial charge in [0.25, 0.3) is 0 Å². The SMILES string of the molecule is Cn1c(-c2ccccn2)nc(C(=O)O)c1Cl. The minimum absolute atomic E-state index is 0.0909. The average molecular weight is 238 g/mol. The first-order valence-corrected chi connectivity index (χ1v) is 4.86. The average Bonchev–Trinajstić information content (AvgIpc) is 2.58.